The molecule has 3 unspecified atom stereocenters. The van der Waals surface area contributed by atoms with Crippen LogP contribution in [-0.4, -0.2) is 53.6 Å². The number of carbonyl (C=O) groups excluding carboxylic acids is 1. The van der Waals surface area contributed by atoms with Crippen LogP contribution in [-0.2, 0) is 9.53 Å². The fourth-order valence-electron chi connectivity index (χ4n) is 1.92. The van der Waals surface area contributed by atoms with Crippen molar-refractivity contribution >= 4 is 12.0 Å². The number of amides is 2. The van der Waals surface area contributed by atoms with E-state index in [1.54, 1.807) is 7.11 Å². The lowest BCUT2D eigenvalue weighted by atomic mass is 10.1. The van der Waals surface area contributed by atoms with Crippen molar-refractivity contribution in [2.75, 3.05) is 13.7 Å². The zero-order chi connectivity index (χ0) is 13.8. The van der Waals surface area contributed by atoms with Gasteiger partial charge < -0.3 is 25.6 Å². The van der Waals surface area contributed by atoms with Gasteiger partial charge in [0, 0.05) is 7.11 Å². The van der Waals surface area contributed by atoms with Crippen molar-refractivity contribution in [3.63, 3.8) is 0 Å². The molecule has 7 nitrogen and oxygen atoms in total. The minimum Gasteiger partial charge on any atom is -0.479 e. The first-order valence-electron chi connectivity index (χ1n) is 5.90. The Labute approximate surface area is 106 Å². The van der Waals surface area contributed by atoms with E-state index in [1.165, 1.54) is 0 Å². The molecule has 2 amide bonds. The Morgan fingerprint density at radius 3 is 2.67 bits per heavy atom. The second-order valence-corrected chi connectivity index (χ2v) is 4.72. The molecule has 0 aromatic carbocycles. The van der Waals surface area contributed by atoms with Gasteiger partial charge >= 0.3 is 12.0 Å². The number of aliphatic carboxylic acids is 1. The fourth-order valence-corrected chi connectivity index (χ4v) is 1.92. The molecule has 1 saturated carbocycles. The lowest BCUT2D eigenvalue weighted by Gasteiger charge is -2.22. The van der Waals surface area contributed by atoms with E-state index in [2.05, 4.69) is 10.6 Å². The van der Waals surface area contributed by atoms with Crippen molar-refractivity contribution in [2.45, 2.75) is 43.9 Å². The van der Waals surface area contributed by atoms with E-state index >= 15 is 0 Å². The Morgan fingerprint density at radius 1 is 1.44 bits per heavy atom. The lowest BCUT2D eigenvalue weighted by molar-refractivity contribution is -0.155. The topological polar surface area (TPSA) is 108 Å². The normalized spacial score (nSPS) is 26.4. The molecule has 18 heavy (non-hydrogen) atoms. The number of hydrogen-bond donors (Lipinski definition) is 4. The second kappa shape index (κ2) is 6.01. The zero-order valence-electron chi connectivity index (χ0n) is 10.6. The summed E-state index contributed by atoms with van der Waals surface area (Å²) in [5, 5.41) is 23.2. The zero-order valence-corrected chi connectivity index (χ0v) is 10.6. The Balaban J connectivity index is 2.36. The van der Waals surface area contributed by atoms with Gasteiger partial charge in [0.05, 0.1) is 18.7 Å². The van der Waals surface area contributed by atoms with E-state index < -0.39 is 17.6 Å². The first-order chi connectivity index (χ1) is 8.36. The molecule has 4 N–H and O–H groups in total. The van der Waals surface area contributed by atoms with Gasteiger partial charge in [0.15, 0.2) is 5.60 Å². The van der Waals surface area contributed by atoms with Crippen LogP contribution in [0.1, 0.15) is 26.2 Å². The summed E-state index contributed by atoms with van der Waals surface area (Å²) in [7, 11) is 1.60. The standard InChI is InChI=1S/C11H20N2O5/c1-11(17,9(14)15)6-12-10(16)13-7-4-3-5-8(7)18-2/h7-8,17H,3-6H2,1-2H3,(H,14,15)(H2,12,13,16). The first kappa shape index (κ1) is 14.7. The largest absolute Gasteiger partial charge is 0.479 e. The molecule has 0 spiro atoms. The van der Waals surface area contributed by atoms with E-state index in [0.717, 1.165) is 26.2 Å². The highest BCUT2D eigenvalue weighted by atomic mass is 16.5. The summed E-state index contributed by atoms with van der Waals surface area (Å²) < 4.78 is 5.22. The van der Waals surface area contributed by atoms with Crippen molar-refractivity contribution in [3.05, 3.63) is 0 Å². The van der Waals surface area contributed by atoms with Crippen molar-refractivity contribution in [3.8, 4) is 0 Å². The molecule has 0 aliphatic heterocycles. The fraction of sp³-hybridized carbons (Fsp3) is 0.818. The van der Waals surface area contributed by atoms with Gasteiger partial charge in [0.1, 0.15) is 0 Å². The summed E-state index contributed by atoms with van der Waals surface area (Å²) in [6.07, 6.45) is 2.71. The third-order valence-corrected chi connectivity index (χ3v) is 3.13. The predicted octanol–water partition coefficient (Wildman–Crippen LogP) is -0.311. The molecule has 0 saturated heterocycles. The molecule has 0 aromatic heterocycles. The number of hydrogen-bond acceptors (Lipinski definition) is 4. The highest BCUT2D eigenvalue weighted by Gasteiger charge is 2.32. The highest BCUT2D eigenvalue weighted by Crippen LogP contribution is 2.21. The van der Waals surface area contributed by atoms with Gasteiger partial charge in [-0.2, -0.15) is 0 Å². The molecular weight excluding hydrogens is 240 g/mol. The molecule has 1 aliphatic carbocycles. The third-order valence-electron chi connectivity index (χ3n) is 3.13. The number of ether oxygens (including phenoxy) is 1. The highest BCUT2D eigenvalue weighted by molar-refractivity contribution is 5.79. The number of carboxylic acids is 1. The summed E-state index contributed by atoms with van der Waals surface area (Å²) in [5.41, 5.74) is -1.96. The molecule has 7 heteroatoms. The second-order valence-electron chi connectivity index (χ2n) is 4.72. The molecule has 1 aliphatic rings. The SMILES string of the molecule is COC1CCCC1NC(=O)NCC(C)(O)C(=O)O. The van der Waals surface area contributed by atoms with Crippen LogP contribution >= 0.6 is 0 Å². The summed E-state index contributed by atoms with van der Waals surface area (Å²) in [6, 6.07) is -0.560. The average Bonchev–Trinajstić information content (AvgIpc) is 2.73. The Morgan fingerprint density at radius 2 is 2.11 bits per heavy atom. The van der Waals surface area contributed by atoms with Crippen molar-refractivity contribution in [2.24, 2.45) is 0 Å². The predicted molar refractivity (Wildman–Crippen MR) is 63.2 cm³/mol. The van der Waals surface area contributed by atoms with Crippen LogP contribution in [0.4, 0.5) is 4.79 Å². The van der Waals surface area contributed by atoms with Crippen molar-refractivity contribution in [1.82, 2.24) is 10.6 Å². The molecular formula is C11H20N2O5. The van der Waals surface area contributed by atoms with Crippen LogP contribution in [0.5, 0.6) is 0 Å². The van der Waals surface area contributed by atoms with Gasteiger partial charge in [0.2, 0.25) is 0 Å². The summed E-state index contributed by atoms with van der Waals surface area (Å²) in [4.78, 5) is 22.2. The third kappa shape index (κ3) is 3.85. The smallest absolute Gasteiger partial charge is 0.337 e. The van der Waals surface area contributed by atoms with E-state index in [9.17, 15) is 14.7 Å². The van der Waals surface area contributed by atoms with E-state index in [4.69, 9.17) is 9.84 Å². The van der Waals surface area contributed by atoms with Crippen LogP contribution in [0.3, 0.4) is 0 Å². The van der Waals surface area contributed by atoms with Gasteiger partial charge in [0.25, 0.3) is 0 Å². The van der Waals surface area contributed by atoms with Crippen LogP contribution in [0, 0.1) is 0 Å². The number of aliphatic hydroxyl groups is 1. The Kier molecular flexibility index (Phi) is 4.92. The molecule has 3 atom stereocenters. The monoisotopic (exact) mass is 260 g/mol. The molecule has 0 bridgehead atoms. The number of urea groups is 1. The van der Waals surface area contributed by atoms with E-state index in [-0.39, 0.29) is 18.7 Å². The maximum absolute atomic E-state index is 11.5. The minimum absolute atomic E-state index is 0.00395. The number of nitrogens with one attached hydrogen (secondary N) is 2. The van der Waals surface area contributed by atoms with Gasteiger partial charge in [-0.05, 0) is 26.2 Å². The molecule has 0 radical (unpaired) electrons. The number of rotatable bonds is 5. The quantitative estimate of drug-likeness (QED) is 0.542. The van der Waals surface area contributed by atoms with Gasteiger partial charge in [-0.15, -0.1) is 0 Å². The number of carboxylic acid groups (broad SMARTS) is 1. The lowest BCUT2D eigenvalue weighted by Crippen LogP contribution is -2.52. The van der Waals surface area contributed by atoms with E-state index in [0.29, 0.717) is 0 Å². The van der Waals surface area contributed by atoms with Crippen LogP contribution in [0.15, 0.2) is 0 Å². The number of methoxy groups -OCH3 is 1. The van der Waals surface area contributed by atoms with Crippen LogP contribution in [0.2, 0.25) is 0 Å². The maximum Gasteiger partial charge on any atom is 0.337 e. The van der Waals surface area contributed by atoms with Crippen LogP contribution in [0.25, 0.3) is 0 Å². The average molecular weight is 260 g/mol. The molecule has 0 aromatic rings. The van der Waals surface area contributed by atoms with Crippen molar-refractivity contribution < 1.29 is 24.5 Å². The molecule has 104 valence electrons. The van der Waals surface area contributed by atoms with Gasteiger partial charge in [-0.25, -0.2) is 9.59 Å². The van der Waals surface area contributed by atoms with E-state index in [1.807, 2.05) is 0 Å². The summed E-state index contributed by atoms with van der Waals surface area (Å²) >= 11 is 0. The molecule has 1 fully saturated rings. The first-order valence-corrected chi connectivity index (χ1v) is 5.90. The molecule has 1 rings (SSSR count). The van der Waals surface area contributed by atoms with Gasteiger partial charge in [-0.3, -0.25) is 0 Å². The van der Waals surface area contributed by atoms with Crippen molar-refractivity contribution in [1.29, 1.82) is 0 Å². The summed E-state index contributed by atoms with van der Waals surface area (Å²) in [6.45, 7) is 0.779. The Hall–Kier alpha value is -1.34. The van der Waals surface area contributed by atoms with Crippen LogP contribution < -0.4 is 10.6 Å². The Bertz CT molecular complexity index is 319. The minimum atomic E-state index is -1.96. The summed E-state index contributed by atoms with van der Waals surface area (Å²) in [5.74, 6) is -1.38. The maximum atomic E-state index is 11.5. The van der Waals surface area contributed by atoms with Gasteiger partial charge in [-0.1, -0.05) is 0 Å². The molecule has 0 heterocycles. The number of carbonyl (C=O) groups is 2.